The van der Waals surface area contributed by atoms with E-state index in [4.69, 9.17) is 0 Å². The standard InChI is InChI=1S/C21H26N4OS.ClH/c1-3-13-24(16-9-11-22-12-10-16)20(26)19-14-18-15(2)23-25(21(18)27-19)17-7-5-4-6-8-17;/h4-8,14,16,22H,3,9-13H2,1-2H3;1H. The van der Waals surface area contributed by atoms with Crippen LogP contribution in [0.2, 0.25) is 0 Å². The predicted octanol–water partition coefficient (Wildman–Crippen LogP) is 4.42. The summed E-state index contributed by atoms with van der Waals surface area (Å²) in [6.07, 6.45) is 3.05. The lowest BCUT2D eigenvalue weighted by Gasteiger charge is -2.34. The molecule has 4 rings (SSSR count). The minimum atomic E-state index is 0. The summed E-state index contributed by atoms with van der Waals surface area (Å²) < 4.78 is 1.96. The van der Waals surface area contributed by atoms with Crippen LogP contribution in [-0.2, 0) is 0 Å². The first-order valence-corrected chi connectivity index (χ1v) is 10.6. The van der Waals surface area contributed by atoms with Gasteiger partial charge in [-0.3, -0.25) is 4.79 Å². The molecule has 0 radical (unpaired) electrons. The lowest BCUT2D eigenvalue weighted by atomic mass is 10.0. The summed E-state index contributed by atoms with van der Waals surface area (Å²) in [5, 5.41) is 9.16. The molecule has 28 heavy (non-hydrogen) atoms. The summed E-state index contributed by atoms with van der Waals surface area (Å²) in [4.78, 5) is 17.3. The molecule has 3 heterocycles. The molecule has 1 aromatic carbocycles. The molecule has 1 aliphatic heterocycles. The van der Waals surface area contributed by atoms with Crippen LogP contribution in [0.3, 0.4) is 0 Å². The van der Waals surface area contributed by atoms with E-state index in [-0.39, 0.29) is 18.3 Å². The van der Waals surface area contributed by atoms with Crippen LogP contribution in [0.4, 0.5) is 0 Å². The van der Waals surface area contributed by atoms with Gasteiger partial charge in [-0.25, -0.2) is 4.68 Å². The van der Waals surface area contributed by atoms with Gasteiger partial charge in [0.2, 0.25) is 0 Å². The van der Waals surface area contributed by atoms with Crippen LogP contribution >= 0.6 is 23.7 Å². The van der Waals surface area contributed by atoms with Gasteiger partial charge in [-0.2, -0.15) is 5.10 Å². The number of hydrogen-bond donors (Lipinski definition) is 1. The van der Waals surface area contributed by atoms with Crippen LogP contribution in [0, 0.1) is 6.92 Å². The smallest absolute Gasteiger partial charge is 0.264 e. The van der Waals surface area contributed by atoms with Crippen molar-refractivity contribution in [2.45, 2.75) is 39.2 Å². The Bertz CT molecular complexity index is 931. The van der Waals surface area contributed by atoms with Crippen molar-refractivity contribution in [2.24, 2.45) is 0 Å². The number of aryl methyl sites for hydroxylation is 1. The number of amides is 1. The van der Waals surface area contributed by atoms with E-state index in [0.29, 0.717) is 6.04 Å². The first-order valence-electron chi connectivity index (χ1n) is 9.75. The SMILES string of the molecule is CCCN(C(=O)c1cc2c(C)nn(-c3ccccc3)c2s1)C1CCNCC1.Cl. The minimum Gasteiger partial charge on any atom is -0.335 e. The van der Waals surface area contributed by atoms with Gasteiger partial charge >= 0.3 is 0 Å². The zero-order chi connectivity index (χ0) is 18.8. The number of rotatable bonds is 5. The fourth-order valence-electron chi connectivity index (χ4n) is 3.85. The number of carbonyl (C=O) groups excluding carboxylic acids is 1. The van der Waals surface area contributed by atoms with Gasteiger partial charge in [0.05, 0.1) is 16.3 Å². The van der Waals surface area contributed by atoms with E-state index >= 15 is 0 Å². The van der Waals surface area contributed by atoms with E-state index < -0.39 is 0 Å². The Morgan fingerprint density at radius 2 is 2.00 bits per heavy atom. The zero-order valence-electron chi connectivity index (χ0n) is 16.4. The Hall–Kier alpha value is -1.89. The first kappa shape index (κ1) is 20.8. The maximum Gasteiger partial charge on any atom is 0.264 e. The van der Waals surface area contributed by atoms with Crippen molar-refractivity contribution in [1.29, 1.82) is 0 Å². The van der Waals surface area contributed by atoms with Crippen LogP contribution in [0.1, 0.15) is 41.6 Å². The number of carbonyl (C=O) groups is 1. The molecule has 1 aliphatic rings. The average Bonchev–Trinajstić information content (AvgIpc) is 3.28. The molecule has 1 N–H and O–H groups in total. The quantitative estimate of drug-likeness (QED) is 0.667. The van der Waals surface area contributed by atoms with Gasteiger partial charge in [0, 0.05) is 18.0 Å². The van der Waals surface area contributed by atoms with Crippen LogP contribution in [0.25, 0.3) is 15.9 Å². The van der Waals surface area contributed by atoms with Gasteiger partial charge in [0.1, 0.15) is 4.83 Å². The van der Waals surface area contributed by atoms with E-state index in [9.17, 15) is 4.79 Å². The van der Waals surface area contributed by atoms with E-state index in [1.807, 2.05) is 48.0 Å². The van der Waals surface area contributed by atoms with Crippen molar-refractivity contribution in [3.8, 4) is 5.69 Å². The number of aromatic nitrogens is 2. The van der Waals surface area contributed by atoms with Crippen LogP contribution in [-0.4, -0.2) is 46.3 Å². The summed E-state index contributed by atoms with van der Waals surface area (Å²) in [6.45, 7) is 6.96. The highest BCUT2D eigenvalue weighted by Gasteiger charge is 2.27. The number of para-hydroxylation sites is 1. The second kappa shape index (κ2) is 9.07. The predicted molar refractivity (Wildman–Crippen MR) is 118 cm³/mol. The van der Waals surface area contributed by atoms with Crippen LogP contribution in [0.5, 0.6) is 0 Å². The highest BCUT2D eigenvalue weighted by Crippen LogP contribution is 2.32. The Morgan fingerprint density at radius 3 is 2.68 bits per heavy atom. The van der Waals surface area contributed by atoms with Gasteiger partial charge in [-0.05, 0) is 57.5 Å². The van der Waals surface area contributed by atoms with Crippen molar-refractivity contribution in [2.75, 3.05) is 19.6 Å². The number of nitrogens with one attached hydrogen (secondary N) is 1. The third kappa shape index (κ3) is 3.95. The maximum atomic E-state index is 13.3. The van der Waals surface area contributed by atoms with Crippen molar-refractivity contribution >= 4 is 39.9 Å². The molecule has 0 bridgehead atoms. The van der Waals surface area contributed by atoms with Crippen LogP contribution in [0.15, 0.2) is 36.4 Å². The van der Waals surface area contributed by atoms with Crippen molar-refractivity contribution in [3.63, 3.8) is 0 Å². The van der Waals surface area contributed by atoms with Crippen molar-refractivity contribution in [3.05, 3.63) is 47.0 Å². The molecular formula is C21H27ClN4OS. The summed E-state index contributed by atoms with van der Waals surface area (Å²) in [7, 11) is 0. The largest absolute Gasteiger partial charge is 0.335 e. The Morgan fingerprint density at radius 1 is 1.29 bits per heavy atom. The topological polar surface area (TPSA) is 50.2 Å². The summed E-state index contributed by atoms with van der Waals surface area (Å²) in [6, 6.07) is 12.5. The lowest BCUT2D eigenvalue weighted by Crippen LogP contribution is -2.46. The molecule has 0 saturated carbocycles. The zero-order valence-corrected chi connectivity index (χ0v) is 18.0. The second-order valence-electron chi connectivity index (χ2n) is 7.14. The number of hydrogen-bond acceptors (Lipinski definition) is 4. The fourth-order valence-corrected chi connectivity index (χ4v) is 4.99. The maximum absolute atomic E-state index is 13.3. The fraction of sp³-hybridized carbons (Fsp3) is 0.429. The highest BCUT2D eigenvalue weighted by atomic mass is 35.5. The molecule has 7 heteroatoms. The number of halogens is 1. The Labute approximate surface area is 176 Å². The van der Waals surface area contributed by atoms with E-state index in [2.05, 4.69) is 22.2 Å². The molecule has 0 unspecified atom stereocenters. The molecule has 1 saturated heterocycles. The van der Waals surface area contributed by atoms with E-state index in [1.165, 1.54) is 0 Å². The van der Waals surface area contributed by atoms with E-state index in [0.717, 1.165) is 65.4 Å². The monoisotopic (exact) mass is 418 g/mol. The number of nitrogens with zero attached hydrogens (tertiary/aromatic N) is 3. The van der Waals surface area contributed by atoms with Gasteiger partial charge in [0.25, 0.3) is 5.91 Å². The Balaban J connectivity index is 0.00000225. The molecule has 5 nitrogen and oxygen atoms in total. The number of thiophene rings is 1. The molecule has 0 atom stereocenters. The van der Waals surface area contributed by atoms with Crippen LogP contribution < -0.4 is 5.32 Å². The molecule has 1 fully saturated rings. The first-order chi connectivity index (χ1) is 13.2. The molecular weight excluding hydrogens is 392 g/mol. The molecule has 0 aliphatic carbocycles. The number of benzene rings is 1. The molecule has 1 amide bonds. The number of piperidine rings is 1. The third-order valence-corrected chi connectivity index (χ3v) is 6.33. The molecule has 3 aromatic rings. The average molecular weight is 419 g/mol. The molecule has 150 valence electrons. The highest BCUT2D eigenvalue weighted by molar-refractivity contribution is 7.20. The summed E-state index contributed by atoms with van der Waals surface area (Å²) in [5.41, 5.74) is 1.99. The number of fused-ring (bicyclic) bond motifs is 1. The summed E-state index contributed by atoms with van der Waals surface area (Å²) in [5.74, 6) is 0.170. The third-order valence-electron chi connectivity index (χ3n) is 5.23. The second-order valence-corrected chi connectivity index (χ2v) is 8.17. The van der Waals surface area contributed by atoms with Gasteiger partial charge < -0.3 is 10.2 Å². The van der Waals surface area contributed by atoms with Crippen molar-refractivity contribution in [1.82, 2.24) is 20.0 Å². The normalized spacial score (nSPS) is 14.8. The summed E-state index contributed by atoms with van der Waals surface area (Å²) >= 11 is 1.56. The Kier molecular flexibility index (Phi) is 6.75. The lowest BCUT2D eigenvalue weighted by molar-refractivity contribution is 0.0648. The molecule has 0 spiro atoms. The van der Waals surface area contributed by atoms with E-state index in [1.54, 1.807) is 11.3 Å². The van der Waals surface area contributed by atoms with Gasteiger partial charge in [-0.15, -0.1) is 23.7 Å². The van der Waals surface area contributed by atoms with Crippen molar-refractivity contribution < 1.29 is 4.79 Å². The molecule has 2 aromatic heterocycles. The van der Waals surface area contributed by atoms with Gasteiger partial charge in [0.15, 0.2) is 0 Å². The van der Waals surface area contributed by atoms with Gasteiger partial charge in [-0.1, -0.05) is 25.1 Å². The minimum absolute atomic E-state index is 0.